The molecule has 0 radical (unpaired) electrons. The highest BCUT2D eigenvalue weighted by Gasteiger charge is 2.59. The number of amides is 1. The van der Waals surface area contributed by atoms with Gasteiger partial charge in [-0.2, -0.15) is 0 Å². The van der Waals surface area contributed by atoms with Gasteiger partial charge < -0.3 is 14.0 Å². The maximum absolute atomic E-state index is 13.3. The first-order chi connectivity index (χ1) is 13.7. The van der Waals surface area contributed by atoms with Gasteiger partial charge in [0.15, 0.2) is 0 Å². The van der Waals surface area contributed by atoms with Gasteiger partial charge in [-0.15, -0.1) is 0 Å². The van der Waals surface area contributed by atoms with E-state index in [4.69, 9.17) is 14.0 Å². The Kier molecular flexibility index (Phi) is 4.82. The molecule has 0 spiro atoms. The number of carbonyl (C=O) groups excluding carboxylic acids is 1. The van der Waals surface area contributed by atoms with Gasteiger partial charge in [0.1, 0.15) is 5.60 Å². The molecule has 3 aliphatic rings. The first-order valence-corrected chi connectivity index (χ1v) is 11.4. The summed E-state index contributed by atoms with van der Waals surface area (Å²) in [5.74, 6) is 0. The van der Waals surface area contributed by atoms with Crippen LogP contribution in [0.25, 0.3) is 0 Å². The summed E-state index contributed by atoms with van der Waals surface area (Å²) >= 11 is 3.67. The Morgan fingerprint density at radius 1 is 1.20 bits per heavy atom. The summed E-state index contributed by atoms with van der Waals surface area (Å²) in [6.07, 6.45) is 4.69. The molecular weight excluding hydrogens is 445 g/mol. The van der Waals surface area contributed by atoms with E-state index >= 15 is 0 Å². The number of rotatable bonds is 2. The van der Waals surface area contributed by atoms with E-state index in [1.165, 1.54) is 0 Å². The molecule has 1 amide bonds. The van der Waals surface area contributed by atoms with Gasteiger partial charge in [0.2, 0.25) is 0 Å². The molecule has 2 bridgehead atoms. The Labute approximate surface area is 188 Å². The summed E-state index contributed by atoms with van der Waals surface area (Å²) in [5.41, 5.74) is 1.17. The Morgan fingerprint density at radius 3 is 2.33 bits per heavy atom. The highest BCUT2D eigenvalue weighted by molar-refractivity contribution is 9.10. The highest BCUT2D eigenvalue weighted by Crippen LogP contribution is 2.55. The minimum Gasteiger partial charge on any atom is -0.444 e. The normalized spacial score (nSPS) is 28.2. The lowest BCUT2D eigenvalue weighted by atomic mass is 9.68. The van der Waals surface area contributed by atoms with E-state index in [-0.39, 0.29) is 12.1 Å². The van der Waals surface area contributed by atoms with Crippen molar-refractivity contribution in [3.05, 3.63) is 39.9 Å². The molecular formula is C23H31BBrNO4. The molecule has 1 aromatic rings. The van der Waals surface area contributed by atoms with Gasteiger partial charge in [-0.3, -0.25) is 4.90 Å². The number of ether oxygens (including phenoxy) is 1. The molecule has 1 aromatic carbocycles. The van der Waals surface area contributed by atoms with Gasteiger partial charge in [0.05, 0.1) is 22.8 Å². The van der Waals surface area contributed by atoms with Gasteiger partial charge in [0.25, 0.3) is 0 Å². The Balaban J connectivity index is 1.83. The summed E-state index contributed by atoms with van der Waals surface area (Å²) in [6, 6.07) is 4.02. The lowest BCUT2D eigenvalue weighted by Crippen LogP contribution is -2.48. The van der Waals surface area contributed by atoms with E-state index in [1.54, 1.807) is 0 Å². The maximum Gasteiger partial charge on any atom is 0.495 e. The lowest BCUT2D eigenvalue weighted by Gasteiger charge is -2.36. The first-order valence-electron chi connectivity index (χ1n) is 10.6. The SMILES string of the molecule is CC[C@]12C=C[C@H](c3cc(Br)cc(B4OC(C)(C)C(C)(C)O4)c31)N2C(=O)OC(C)(C)C. The number of hydrogen-bond donors (Lipinski definition) is 0. The number of benzene rings is 1. The third-order valence-electron chi connectivity index (χ3n) is 6.81. The predicted molar refractivity (Wildman–Crippen MR) is 122 cm³/mol. The fourth-order valence-corrected chi connectivity index (χ4v) is 5.20. The van der Waals surface area contributed by atoms with Crippen LogP contribution in [0.15, 0.2) is 28.8 Å². The van der Waals surface area contributed by atoms with Gasteiger partial charge in [0, 0.05) is 4.47 Å². The Morgan fingerprint density at radius 2 is 1.80 bits per heavy atom. The van der Waals surface area contributed by atoms with E-state index in [0.29, 0.717) is 0 Å². The molecule has 5 nitrogen and oxygen atoms in total. The lowest BCUT2D eigenvalue weighted by molar-refractivity contribution is 0.00575. The average Bonchev–Trinajstić information content (AvgIpc) is 3.17. The van der Waals surface area contributed by atoms with Crippen LogP contribution >= 0.6 is 15.9 Å². The third-order valence-corrected chi connectivity index (χ3v) is 7.27. The summed E-state index contributed by atoms with van der Waals surface area (Å²) in [6.45, 7) is 16.0. The molecule has 7 heteroatoms. The highest BCUT2D eigenvalue weighted by atomic mass is 79.9. The number of halogens is 1. The molecule has 0 N–H and O–H groups in total. The number of fused-ring (bicyclic) bond motifs is 5. The summed E-state index contributed by atoms with van der Waals surface area (Å²) < 4.78 is 19.5. The fourth-order valence-electron chi connectivity index (χ4n) is 4.70. The fraction of sp³-hybridized carbons (Fsp3) is 0.609. The predicted octanol–water partition coefficient (Wildman–Crippen LogP) is 5.22. The van der Waals surface area contributed by atoms with Crippen LogP contribution < -0.4 is 5.46 Å². The zero-order chi connectivity index (χ0) is 22.3. The zero-order valence-corrected chi connectivity index (χ0v) is 20.7. The van der Waals surface area contributed by atoms with E-state index in [1.807, 2.05) is 25.7 Å². The second-order valence-corrected chi connectivity index (χ2v) is 11.4. The quantitative estimate of drug-likeness (QED) is 0.434. The molecule has 3 aliphatic heterocycles. The molecule has 162 valence electrons. The van der Waals surface area contributed by atoms with Gasteiger partial charge >= 0.3 is 13.2 Å². The van der Waals surface area contributed by atoms with E-state index in [0.717, 1.165) is 27.5 Å². The molecule has 3 heterocycles. The van der Waals surface area contributed by atoms with Crippen LogP contribution in [0.3, 0.4) is 0 Å². The minimum atomic E-state index is -0.567. The van der Waals surface area contributed by atoms with E-state index in [9.17, 15) is 4.79 Å². The van der Waals surface area contributed by atoms with Gasteiger partial charge in [-0.1, -0.05) is 35.0 Å². The van der Waals surface area contributed by atoms with Gasteiger partial charge in [-0.25, -0.2) is 4.79 Å². The van der Waals surface area contributed by atoms with Crippen LogP contribution in [-0.2, 0) is 19.6 Å². The maximum atomic E-state index is 13.3. The summed E-state index contributed by atoms with van der Waals surface area (Å²) in [5, 5.41) is 0. The second kappa shape index (κ2) is 6.60. The van der Waals surface area contributed by atoms with Crippen molar-refractivity contribution in [2.75, 3.05) is 0 Å². The molecule has 0 saturated carbocycles. The molecule has 0 aliphatic carbocycles. The smallest absolute Gasteiger partial charge is 0.444 e. The monoisotopic (exact) mass is 475 g/mol. The second-order valence-electron chi connectivity index (χ2n) is 10.5. The number of hydrogen-bond acceptors (Lipinski definition) is 4. The number of nitrogens with zero attached hydrogens (tertiary/aromatic N) is 1. The van der Waals surface area contributed by atoms with Crippen molar-refractivity contribution in [1.29, 1.82) is 0 Å². The standard InChI is InChI=1S/C23H31BBrNO4/c1-9-23-11-10-17(26(23)19(27)28-20(2,3)4)15-12-14(25)13-16(18(15)23)24-29-21(5,6)22(7,8)30-24/h10-13,17H,9H2,1-8H3/t17-,23+/m1/s1. The molecule has 2 atom stereocenters. The minimum absolute atomic E-state index is 0.159. The van der Waals surface area contributed by atoms with Crippen molar-refractivity contribution in [2.45, 2.75) is 90.2 Å². The van der Waals surface area contributed by atoms with Crippen LogP contribution in [0.5, 0.6) is 0 Å². The molecule has 0 aromatic heterocycles. The average molecular weight is 476 g/mol. The van der Waals surface area contributed by atoms with Gasteiger partial charge in [-0.05, 0) is 83.6 Å². The van der Waals surface area contributed by atoms with E-state index < -0.39 is 29.5 Å². The van der Waals surface area contributed by atoms with Crippen molar-refractivity contribution in [3.8, 4) is 0 Å². The van der Waals surface area contributed by atoms with E-state index in [2.05, 4.69) is 74.8 Å². The number of carbonyl (C=O) groups is 1. The van der Waals surface area contributed by atoms with Crippen molar-refractivity contribution in [3.63, 3.8) is 0 Å². The topological polar surface area (TPSA) is 48.0 Å². The van der Waals surface area contributed by atoms with Crippen molar-refractivity contribution in [1.82, 2.24) is 4.90 Å². The van der Waals surface area contributed by atoms with Crippen molar-refractivity contribution >= 4 is 34.6 Å². The molecule has 4 rings (SSSR count). The molecule has 1 saturated heterocycles. The summed E-state index contributed by atoms with van der Waals surface area (Å²) in [4.78, 5) is 15.1. The van der Waals surface area contributed by atoms with Crippen LogP contribution in [0.2, 0.25) is 0 Å². The van der Waals surface area contributed by atoms with Crippen LogP contribution in [-0.4, -0.2) is 34.9 Å². The molecule has 30 heavy (non-hydrogen) atoms. The zero-order valence-electron chi connectivity index (χ0n) is 19.1. The third kappa shape index (κ3) is 3.08. The summed E-state index contributed by atoms with van der Waals surface area (Å²) in [7, 11) is -0.502. The first kappa shape index (κ1) is 21.9. The largest absolute Gasteiger partial charge is 0.495 e. The molecule has 1 fully saturated rings. The van der Waals surface area contributed by atoms with Crippen molar-refractivity contribution in [2.24, 2.45) is 0 Å². The van der Waals surface area contributed by atoms with Crippen LogP contribution in [0.4, 0.5) is 4.79 Å². The molecule has 0 unspecified atom stereocenters. The Hall–Kier alpha value is -1.31. The van der Waals surface area contributed by atoms with Crippen LogP contribution in [0, 0.1) is 0 Å². The Bertz CT molecular complexity index is 920. The van der Waals surface area contributed by atoms with Crippen molar-refractivity contribution < 1.29 is 18.8 Å². The van der Waals surface area contributed by atoms with Crippen LogP contribution in [0.1, 0.15) is 79.0 Å².